The Hall–Kier alpha value is 0.0100. The third-order valence-corrected chi connectivity index (χ3v) is 3.14. The van der Waals surface area contributed by atoms with Crippen molar-refractivity contribution in [2.45, 2.75) is 24.6 Å². The number of rotatable bonds is 4. The Bertz CT molecular complexity index is 129. The molecule has 0 aromatic carbocycles. The highest BCUT2D eigenvalue weighted by molar-refractivity contribution is 8.00. The van der Waals surface area contributed by atoms with Gasteiger partial charge >= 0.3 is 0 Å². The van der Waals surface area contributed by atoms with Crippen LogP contribution in [0.5, 0.6) is 0 Å². The molecule has 1 aliphatic rings. The first-order chi connectivity index (χ1) is 5.34. The predicted octanol–water partition coefficient (Wildman–Crippen LogP) is 1.59. The molecule has 64 valence electrons. The number of thioether (sulfide) groups is 1. The van der Waals surface area contributed by atoms with E-state index in [-0.39, 0.29) is 0 Å². The van der Waals surface area contributed by atoms with E-state index in [9.17, 15) is 0 Å². The molecule has 0 bridgehead atoms. The molecule has 1 N–H and O–H groups in total. The largest absolute Gasteiger partial charge is 0.297 e. The summed E-state index contributed by atoms with van der Waals surface area (Å²) in [5, 5.41) is 0.680. The maximum Gasteiger partial charge on any atom is 0.0861 e. The van der Waals surface area contributed by atoms with Crippen LogP contribution in [0.1, 0.15) is 13.3 Å². The molecule has 2 atom stereocenters. The van der Waals surface area contributed by atoms with Crippen LogP contribution in [0.3, 0.4) is 0 Å². The summed E-state index contributed by atoms with van der Waals surface area (Å²) in [6, 6.07) is 0.528. The maximum absolute atomic E-state index is 5.16. The number of hydrogen-bond acceptors (Lipinski definition) is 3. The van der Waals surface area contributed by atoms with Crippen molar-refractivity contribution in [3.8, 4) is 0 Å². The van der Waals surface area contributed by atoms with Crippen LogP contribution in [-0.4, -0.2) is 23.7 Å². The molecule has 2 nitrogen and oxygen atoms in total. The summed E-state index contributed by atoms with van der Waals surface area (Å²) in [6.07, 6.45) is 2.96. The van der Waals surface area contributed by atoms with E-state index in [1.807, 2.05) is 11.8 Å². The molecule has 0 spiro atoms. The molecule has 1 heterocycles. The van der Waals surface area contributed by atoms with E-state index in [1.165, 1.54) is 12.2 Å². The predicted molar refractivity (Wildman–Crippen MR) is 49.6 cm³/mol. The van der Waals surface area contributed by atoms with Crippen LogP contribution in [0.15, 0.2) is 12.7 Å². The lowest BCUT2D eigenvalue weighted by Crippen LogP contribution is -2.33. The van der Waals surface area contributed by atoms with Crippen LogP contribution < -0.4 is 5.48 Å². The molecule has 2 unspecified atom stereocenters. The molecule has 11 heavy (non-hydrogen) atoms. The molecule has 1 fully saturated rings. The van der Waals surface area contributed by atoms with Gasteiger partial charge in [-0.25, -0.2) is 0 Å². The molecule has 1 saturated heterocycles. The van der Waals surface area contributed by atoms with Gasteiger partial charge in [-0.3, -0.25) is 4.84 Å². The Morgan fingerprint density at radius 3 is 3.18 bits per heavy atom. The van der Waals surface area contributed by atoms with Crippen molar-refractivity contribution in [1.29, 1.82) is 0 Å². The zero-order chi connectivity index (χ0) is 8.10. The first-order valence-corrected chi connectivity index (χ1v) is 4.99. The lowest BCUT2D eigenvalue weighted by atomic mass is 10.2. The van der Waals surface area contributed by atoms with Crippen molar-refractivity contribution in [3.05, 3.63) is 12.7 Å². The van der Waals surface area contributed by atoms with Crippen LogP contribution >= 0.6 is 11.8 Å². The van der Waals surface area contributed by atoms with Crippen molar-refractivity contribution in [2.75, 3.05) is 12.4 Å². The highest BCUT2D eigenvalue weighted by Gasteiger charge is 2.23. The van der Waals surface area contributed by atoms with Gasteiger partial charge in [-0.1, -0.05) is 13.0 Å². The van der Waals surface area contributed by atoms with Crippen molar-refractivity contribution < 1.29 is 4.84 Å². The minimum absolute atomic E-state index is 0.528. The van der Waals surface area contributed by atoms with Gasteiger partial charge in [0.05, 0.1) is 6.61 Å². The quantitative estimate of drug-likeness (QED) is 0.396. The fourth-order valence-corrected chi connectivity index (χ4v) is 2.29. The van der Waals surface area contributed by atoms with Crippen LogP contribution in [0.2, 0.25) is 0 Å². The summed E-state index contributed by atoms with van der Waals surface area (Å²) in [5.41, 5.74) is 3.04. The van der Waals surface area contributed by atoms with Gasteiger partial charge in [0.1, 0.15) is 0 Å². The van der Waals surface area contributed by atoms with E-state index in [0.29, 0.717) is 17.9 Å². The normalized spacial score (nSPS) is 30.6. The van der Waals surface area contributed by atoms with Crippen molar-refractivity contribution in [2.24, 2.45) is 0 Å². The SMILES string of the molecule is C=CCONC1CCSC1C. The molecule has 0 aromatic rings. The zero-order valence-electron chi connectivity index (χ0n) is 6.88. The molecule has 0 aliphatic carbocycles. The van der Waals surface area contributed by atoms with Crippen LogP contribution in [0.4, 0.5) is 0 Å². The highest BCUT2D eigenvalue weighted by atomic mass is 32.2. The highest BCUT2D eigenvalue weighted by Crippen LogP contribution is 2.25. The average Bonchev–Trinajstić information content (AvgIpc) is 2.37. The number of hydrogen-bond donors (Lipinski definition) is 1. The summed E-state index contributed by atoms with van der Waals surface area (Å²) in [7, 11) is 0. The van der Waals surface area contributed by atoms with Gasteiger partial charge < -0.3 is 0 Å². The molecule has 0 aromatic heterocycles. The molecule has 1 aliphatic heterocycles. The van der Waals surface area contributed by atoms with E-state index < -0.39 is 0 Å². The van der Waals surface area contributed by atoms with Gasteiger partial charge in [0.15, 0.2) is 0 Å². The number of nitrogens with one attached hydrogen (secondary N) is 1. The zero-order valence-corrected chi connectivity index (χ0v) is 7.69. The Kier molecular flexibility index (Phi) is 3.97. The van der Waals surface area contributed by atoms with E-state index in [0.717, 1.165) is 0 Å². The van der Waals surface area contributed by atoms with Gasteiger partial charge in [-0.05, 0) is 12.2 Å². The third-order valence-electron chi connectivity index (χ3n) is 1.81. The topological polar surface area (TPSA) is 21.3 Å². The molecule has 0 saturated carbocycles. The monoisotopic (exact) mass is 173 g/mol. The number of hydroxylamine groups is 1. The second-order valence-corrected chi connectivity index (χ2v) is 4.17. The lowest BCUT2D eigenvalue weighted by molar-refractivity contribution is 0.0363. The lowest BCUT2D eigenvalue weighted by Gasteiger charge is -2.14. The maximum atomic E-state index is 5.16. The Morgan fingerprint density at radius 2 is 2.64 bits per heavy atom. The van der Waals surface area contributed by atoms with E-state index in [1.54, 1.807) is 6.08 Å². The summed E-state index contributed by atoms with van der Waals surface area (Å²) in [4.78, 5) is 5.16. The summed E-state index contributed by atoms with van der Waals surface area (Å²) < 4.78 is 0. The smallest absolute Gasteiger partial charge is 0.0861 e. The molecular formula is C8H15NOS. The van der Waals surface area contributed by atoms with Crippen molar-refractivity contribution >= 4 is 11.8 Å². The van der Waals surface area contributed by atoms with E-state index >= 15 is 0 Å². The van der Waals surface area contributed by atoms with Gasteiger partial charge in [-0.15, -0.1) is 6.58 Å². The van der Waals surface area contributed by atoms with Crippen LogP contribution in [0.25, 0.3) is 0 Å². The van der Waals surface area contributed by atoms with Crippen molar-refractivity contribution in [3.63, 3.8) is 0 Å². The Balaban J connectivity index is 2.10. The first kappa shape index (κ1) is 9.10. The van der Waals surface area contributed by atoms with E-state index in [4.69, 9.17) is 4.84 Å². The molecule has 3 heteroatoms. The summed E-state index contributed by atoms with van der Waals surface area (Å²) >= 11 is 2.00. The Morgan fingerprint density at radius 1 is 1.82 bits per heavy atom. The summed E-state index contributed by atoms with van der Waals surface area (Å²) in [5.74, 6) is 1.25. The standard InChI is InChI=1S/C8H15NOS/c1-3-5-10-9-8-4-6-11-7(8)2/h3,7-9H,1,4-6H2,2H3. The van der Waals surface area contributed by atoms with Gasteiger partial charge in [0, 0.05) is 11.3 Å². The second-order valence-electron chi connectivity index (χ2n) is 2.69. The fourth-order valence-electron chi connectivity index (χ4n) is 1.10. The van der Waals surface area contributed by atoms with Crippen LogP contribution in [-0.2, 0) is 4.84 Å². The van der Waals surface area contributed by atoms with Gasteiger partial charge in [-0.2, -0.15) is 17.2 Å². The molecule has 0 radical (unpaired) electrons. The minimum atomic E-state index is 0.528. The molecule has 0 amide bonds. The van der Waals surface area contributed by atoms with Crippen LogP contribution in [0, 0.1) is 0 Å². The Labute approximate surface area is 72.3 Å². The molecule has 1 rings (SSSR count). The van der Waals surface area contributed by atoms with Crippen molar-refractivity contribution in [1.82, 2.24) is 5.48 Å². The fraction of sp³-hybridized carbons (Fsp3) is 0.750. The van der Waals surface area contributed by atoms with E-state index in [2.05, 4.69) is 19.0 Å². The van der Waals surface area contributed by atoms with Gasteiger partial charge in [0.2, 0.25) is 0 Å². The molecular weight excluding hydrogens is 158 g/mol. The third kappa shape index (κ3) is 2.85. The second kappa shape index (κ2) is 4.80. The first-order valence-electron chi connectivity index (χ1n) is 3.94. The minimum Gasteiger partial charge on any atom is -0.297 e. The van der Waals surface area contributed by atoms with Gasteiger partial charge in [0.25, 0.3) is 0 Å². The average molecular weight is 173 g/mol. The summed E-state index contributed by atoms with van der Waals surface area (Å²) in [6.45, 7) is 6.39.